The molecule has 2 heterocycles. The third-order valence-corrected chi connectivity index (χ3v) is 6.54. The highest BCUT2D eigenvalue weighted by Crippen LogP contribution is 2.32. The third kappa shape index (κ3) is 4.70. The lowest BCUT2D eigenvalue weighted by atomic mass is 9.99. The van der Waals surface area contributed by atoms with E-state index in [2.05, 4.69) is 41.3 Å². The average molecular weight is 454 g/mol. The van der Waals surface area contributed by atoms with Crippen molar-refractivity contribution in [2.24, 2.45) is 0 Å². The van der Waals surface area contributed by atoms with Crippen molar-refractivity contribution in [3.8, 4) is 11.1 Å². The molecular weight excluding hydrogens is 433 g/mol. The number of amides is 1. The zero-order chi connectivity index (χ0) is 22.0. The van der Waals surface area contributed by atoms with Crippen LogP contribution in [-0.2, 0) is 4.79 Å². The number of thioether (sulfide) groups is 1. The van der Waals surface area contributed by atoms with Gasteiger partial charge < -0.3 is 10.3 Å². The second kappa shape index (κ2) is 9.03. The number of benzene rings is 2. The van der Waals surface area contributed by atoms with E-state index in [0.717, 1.165) is 22.9 Å². The summed E-state index contributed by atoms with van der Waals surface area (Å²) in [6.45, 7) is 4.28. The number of thiophene rings is 1. The van der Waals surface area contributed by atoms with Crippen LogP contribution < -0.4 is 10.9 Å². The van der Waals surface area contributed by atoms with Crippen molar-refractivity contribution in [1.29, 1.82) is 0 Å². The lowest BCUT2D eigenvalue weighted by Gasteiger charge is -2.07. The Morgan fingerprint density at radius 2 is 1.94 bits per heavy atom. The Morgan fingerprint density at radius 3 is 2.65 bits per heavy atom. The van der Waals surface area contributed by atoms with Crippen LogP contribution in [0, 0.1) is 5.82 Å². The summed E-state index contributed by atoms with van der Waals surface area (Å²) in [6, 6.07) is 14.2. The lowest BCUT2D eigenvalue weighted by Crippen LogP contribution is -2.16. The molecule has 0 saturated carbocycles. The van der Waals surface area contributed by atoms with Crippen molar-refractivity contribution >= 4 is 44.9 Å². The standard InChI is InChI=1S/C23H20FN3O2S2/c1-13(2)14-7-9-15(10-8-14)16-11-30-22-20(16)21(29)26-23(27-22)31-12-19(28)25-18-6-4-3-5-17(18)24/h3-11,13H,12H2,1-2H3,(H,25,28)(H,26,27,29). The van der Waals surface area contributed by atoms with E-state index >= 15 is 0 Å². The molecule has 0 aliphatic rings. The van der Waals surface area contributed by atoms with Gasteiger partial charge in [-0.25, -0.2) is 9.37 Å². The SMILES string of the molecule is CC(C)c1ccc(-c2csc3nc(SCC(=O)Nc4ccccc4F)[nH]c(=O)c23)cc1. The predicted molar refractivity (Wildman–Crippen MR) is 126 cm³/mol. The molecule has 31 heavy (non-hydrogen) atoms. The van der Waals surface area contributed by atoms with Crippen LogP contribution in [0.15, 0.2) is 63.9 Å². The van der Waals surface area contributed by atoms with Crippen LogP contribution in [0.2, 0.25) is 0 Å². The Morgan fingerprint density at radius 1 is 1.19 bits per heavy atom. The predicted octanol–water partition coefficient (Wildman–Crippen LogP) is 5.64. The van der Waals surface area contributed by atoms with Crippen LogP contribution in [0.1, 0.15) is 25.3 Å². The highest BCUT2D eigenvalue weighted by molar-refractivity contribution is 7.99. The zero-order valence-electron chi connectivity index (χ0n) is 16.9. The Labute approximate surface area is 186 Å². The van der Waals surface area contributed by atoms with Gasteiger partial charge in [0.05, 0.1) is 16.8 Å². The minimum Gasteiger partial charge on any atom is -0.323 e. The van der Waals surface area contributed by atoms with Crippen molar-refractivity contribution in [3.05, 3.63) is 75.6 Å². The van der Waals surface area contributed by atoms with Crippen LogP contribution in [-0.4, -0.2) is 21.6 Å². The van der Waals surface area contributed by atoms with E-state index in [9.17, 15) is 14.0 Å². The molecule has 0 spiro atoms. The first-order valence-corrected chi connectivity index (χ1v) is 11.6. The summed E-state index contributed by atoms with van der Waals surface area (Å²) in [4.78, 5) is 32.8. The molecule has 0 aliphatic heterocycles. The molecule has 0 bridgehead atoms. The Balaban J connectivity index is 1.52. The van der Waals surface area contributed by atoms with Crippen LogP contribution in [0.4, 0.5) is 10.1 Å². The smallest absolute Gasteiger partial charge is 0.260 e. The summed E-state index contributed by atoms with van der Waals surface area (Å²) >= 11 is 2.49. The number of halogens is 1. The molecule has 0 unspecified atom stereocenters. The molecule has 0 radical (unpaired) electrons. The van der Waals surface area contributed by atoms with Crippen molar-refractivity contribution in [2.75, 3.05) is 11.1 Å². The van der Waals surface area contributed by atoms with E-state index in [4.69, 9.17) is 0 Å². The number of para-hydroxylation sites is 1. The molecule has 158 valence electrons. The largest absolute Gasteiger partial charge is 0.323 e. The molecule has 5 nitrogen and oxygen atoms in total. The Kier molecular flexibility index (Phi) is 6.20. The first kappa shape index (κ1) is 21.3. The van der Waals surface area contributed by atoms with Crippen molar-refractivity contribution in [1.82, 2.24) is 9.97 Å². The number of carbonyl (C=O) groups is 1. The highest BCUT2D eigenvalue weighted by Gasteiger charge is 2.15. The number of aromatic amines is 1. The topological polar surface area (TPSA) is 74.8 Å². The van der Waals surface area contributed by atoms with E-state index in [0.29, 0.717) is 21.3 Å². The maximum absolute atomic E-state index is 13.7. The number of aromatic nitrogens is 2. The number of anilines is 1. The number of H-pyrrole nitrogens is 1. The summed E-state index contributed by atoms with van der Waals surface area (Å²) in [6.07, 6.45) is 0. The van der Waals surface area contributed by atoms with E-state index in [-0.39, 0.29) is 22.9 Å². The lowest BCUT2D eigenvalue weighted by molar-refractivity contribution is -0.113. The van der Waals surface area contributed by atoms with Crippen molar-refractivity contribution < 1.29 is 9.18 Å². The quantitative estimate of drug-likeness (QED) is 0.292. The minimum atomic E-state index is -0.499. The molecule has 4 aromatic rings. The number of nitrogens with zero attached hydrogens (tertiary/aromatic N) is 1. The fourth-order valence-corrected chi connectivity index (χ4v) is 4.81. The normalized spacial score (nSPS) is 11.2. The number of rotatable bonds is 6. The summed E-state index contributed by atoms with van der Waals surface area (Å²) < 4.78 is 13.7. The molecule has 0 aliphatic carbocycles. The number of nitrogens with one attached hydrogen (secondary N) is 2. The monoisotopic (exact) mass is 453 g/mol. The molecule has 4 rings (SSSR count). The van der Waals surface area contributed by atoms with E-state index in [1.807, 2.05) is 17.5 Å². The maximum atomic E-state index is 13.7. The molecular formula is C23H20FN3O2S2. The fourth-order valence-electron chi connectivity index (χ4n) is 3.14. The van der Waals surface area contributed by atoms with Crippen LogP contribution in [0.25, 0.3) is 21.3 Å². The third-order valence-electron chi connectivity index (χ3n) is 4.80. The van der Waals surface area contributed by atoms with Gasteiger partial charge in [0.2, 0.25) is 5.91 Å². The van der Waals surface area contributed by atoms with Gasteiger partial charge in [-0.2, -0.15) is 0 Å². The van der Waals surface area contributed by atoms with Gasteiger partial charge in [-0.05, 0) is 29.2 Å². The van der Waals surface area contributed by atoms with Gasteiger partial charge in [-0.1, -0.05) is 62.0 Å². The van der Waals surface area contributed by atoms with Crippen LogP contribution in [0.5, 0.6) is 0 Å². The first-order chi connectivity index (χ1) is 14.9. The first-order valence-electron chi connectivity index (χ1n) is 9.71. The number of hydrogen-bond acceptors (Lipinski definition) is 5. The van der Waals surface area contributed by atoms with Crippen molar-refractivity contribution in [2.45, 2.75) is 24.9 Å². The summed E-state index contributed by atoms with van der Waals surface area (Å²) in [5.74, 6) is -0.442. The molecule has 0 saturated heterocycles. The number of fused-ring (bicyclic) bond motifs is 1. The Bertz CT molecular complexity index is 1300. The van der Waals surface area contributed by atoms with Crippen molar-refractivity contribution in [3.63, 3.8) is 0 Å². The zero-order valence-corrected chi connectivity index (χ0v) is 18.6. The molecule has 0 fully saturated rings. The molecule has 1 amide bonds. The van der Waals surface area contributed by atoms with Gasteiger partial charge in [0, 0.05) is 10.9 Å². The summed E-state index contributed by atoms with van der Waals surface area (Å²) in [7, 11) is 0. The molecule has 2 N–H and O–H groups in total. The average Bonchev–Trinajstić information content (AvgIpc) is 3.19. The maximum Gasteiger partial charge on any atom is 0.260 e. The van der Waals surface area contributed by atoms with Crippen LogP contribution in [0.3, 0.4) is 0 Å². The number of hydrogen-bond donors (Lipinski definition) is 2. The van der Waals surface area contributed by atoms with Gasteiger partial charge in [0.25, 0.3) is 5.56 Å². The number of carbonyl (C=O) groups excluding carboxylic acids is 1. The molecule has 8 heteroatoms. The van der Waals surface area contributed by atoms with Crippen LogP contribution >= 0.6 is 23.1 Å². The Hall–Kier alpha value is -2.97. The summed E-state index contributed by atoms with van der Waals surface area (Å²) in [5.41, 5.74) is 2.93. The van der Waals surface area contributed by atoms with Gasteiger partial charge in [-0.3, -0.25) is 9.59 Å². The van der Waals surface area contributed by atoms with Gasteiger partial charge in [0.1, 0.15) is 10.6 Å². The molecule has 0 atom stereocenters. The van der Waals surface area contributed by atoms with E-state index in [1.54, 1.807) is 12.1 Å². The molecule has 2 aromatic heterocycles. The molecule has 2 aromatic carbocycles. The van der Waals surface area contributed by atoms with Gasteiger partial charge in [0.15, 0.2) is 5.16 Å². The summed E-state index contributed by atoms with van der Waals surface area (Å²) in [5, 5.41) is 5.34. The fraction of sp³-hybridized carbons (Fsp3) is 0.174. The van der Waals surface area contributed by atoms with Gasteiger partial charge >= 0.3 is 0 Å². The second-order valence-corrected chi connectivity index (χ2v) is 9.12. The van der Waals surface area contributed by atoms with Gasteiger partial charge in [-0.15, -0.1) is 11.3 Å². The second-order valence-electron chi connectivity index (χ2n) is 7.29. The van der Waals surface area contributed by atoms with E-state index < -0.39 is 5.82 Å². The minimum absolute atomic E-state index is 0.00230. The van der Waals surface area contributed by atoms with E-state index in [1.165, 1.54) is 29.0 Å². The highest BCUT2D eigenvalue weighted by atomic mass is 32.2.